The SMILES string of the molecule is CNCc1cc(C)ccc1-n1cnc(C)c1C. The topological polar surface area (TPSA) is 29.9 Å². The zero-order chi connectivity index (χ0) is 12.4. The van der Waals surface area contributed by atoms with Crippen molar-refractivity contribution in [2.75, 3.05) is 7.05 Å². The predicted molar refractivity (Wildman–Crippen MR) is 70.5 cm³/mol. The minimum absolute atomic E-state index is 0.869. The highest BCUT2D eigenvalue weighted by molar-refractivity contribution is 5.45. The van der Waals surface area contributed by atoms with Crippen LogP contribution in [-0.2, 0) is 6.54 Å². The molecule has 3 heteroatoms. The van der Waals surface area contributed by atoms with E-state index in [9.17, 15) is 0 Å². The minimum Gasteiger partial charge on any atom is -0.316 e. The second kappa shape index (κ2) is 4.72. The van der Waals surface area contributed by atoms with Gasteiger partial charge in [0.05, 0.1) is 17.7 Å². The van der Waals surface area contributed by atoms with Crippen LogP contribution in [0.5, 0.6) is 0 Å². The van der Waals surface area contributed by atoms with Gasteiger partial charge in [-0.1, -0.05) is 17.7 Å². The first kappa shape index (κ1) is 11.9. The molecule has 0 saturated carbocycles. The number of aromatic nitrogens is 2. The summed E-state index contributed by atoms with van der Waals surface area (Å²) in [7, 11) is 1.97. The van der Waals surface area contributed by atoms with Crippen LogP contribution in [0.3, 0.4) is 0 Å². The first-order valence-corrected chi connectivity index (χ1v) is 5.88. The van der Waals surface area contributed by atoms with Gasteiger partial charge >= 0.3 is 0 Å². The van der Waals surface area contributed by atoms with E-state index in [-0.39, 0.29) is 0 Å². The van der Waals surface area contributed by atoms with Crippen LogP contribution < -0.4 is 5.32 Å². The van der Waals surface area contributed by atoms with Gasteiger partial charge in [-0.25, -0.2) is 4.98 Å². The lowest BCUT2D eigenvalue weighted by atomic mass is 10.1. The summed E-state index contributed by atoms with van der Waals surface area (Å²) in [6, 6.07) is 6.53. The van der Waals surface area contributed by atoms with E-state index in [4.69, 9.17) is 0 Å². The van der Waals surface area contributed by atoms with E-state index in [1.165, 1.54) is 22.5 Å². The molecule has 0 radical (unpaired) electrons. The average Bonchev–Trinajstić information content (AvgIpc) is 2.61. The number of imidazole rings is 1. The van der Waals surface area contributed by atoms with Crippen molar-refractivity contribution in [3.8, 4) is 5.69 Å². The van der Waals surface area contributed by atoms with Crippen molar-refractivity contribution in [3.05, 3.63) is 47.0 Å². The third kappa shape index (κ3) is 2.24. The summed E-state index contributed by atoms with van der Waals surface area (Å²) < 4.78 is 2.15. The number of aryl methyl sites for hydroxylation is 2. The highest BCUT2D eigenvalue weighted by Gasteiger charge is 2.08. The first-order valence-electron chi connectivity index (χ1n) is 5.88. The van der Waals surface area contributed by atoms with Gasteiger partial charge in [0.2, 0.25) is 0 Å². The Balaban J connectivity index is 2.54. The number of nitrogens with one attached hydrogen (secondary N) is 1. The Morgan fingerprint density at radius 1 is 1.24 bits per heavy atom. The van der Waals surface area contributed by atoms with Crippen molar-refractivity contribution in [1.29, 1.82) is 0 Å². The van der Waals surface area contributed by atoms with E-state index in [0.717, 1.165) is 12.2 Å². The summed E-state index contributed by atoms with van der Waals surface area (Å²) in [4.78, 5) is 4.36. The smallest absolute Gasteiger partial charge is 0.0997 e. The van der Waals surface area contributed by atoms with Crippen LogP contribution in [-0.4, -0.2) is 16.6 Å². The van der Waals surface area contributed by atoms with Gasteiger partial charge in [-0.15, -0.1) is 0 Å². The second-order valence-corrected chi connectivity index (χ2v) is 4.45. The zero-order valence-electron chi connectivity index (χ0n) is 10.9. The molecule has 2 aromatic rings. The fourth-order valence-corrected chi connectivity index (χ4v) is 2.02. The van der Waals surface area contributed by atoms with Gasteiger partial charge in [-0.3, -0.25) is 0 Å². The van der Waals surface area contributed by atoms with Crippen LogP contribution in [0.15, 0.2) is 24.5 Å². The maximum absolute atomic E-state index is 4.36. The Morgan fingerprint density at radius 3 is 2.59 bits per heavy atom. The Hall–Kier alpha value is -1.61. The predicted octanol–water partition coefficient (Wildman–Crippen LogP) is 2.52. The summed E-state index contributed by atoms with van der Waals surface area (Å²) in [5.41, 5.74) is 6.08. The maximum Gasteiger partial charge on any atom is 0.0997 e. The molecule has 2 rings (SSSR count). The van der Waals surface area contributed by atoms with Gasteiger partial charge in [0.25, 0.3) is 0 Å². The summed E-state index contributed by atoms with van der Waals surface area (Å²) in [5, 5.41) is 3.21. The van der Waals surface area contributed by atoms with Crippen LogP contribution in [0.1, 0.15) is 22.5 Å². The van der Waals surface area contributed by atoms with Gasteiger partial charge in [0, 0.05) is 12.2 Å². The lowest BCUT2D eigenvalue weighted by Gasteiger charge is -2.12. The van der Waals surface area contributed by atoms with Crippen LogP contribution >= 0.6 is 0 Å². The van der Waals surface area contributed by atoms with Crippen LogP contribution in [0.4, 0.5) is 0 Å². The Kier molecular flexibility index (Phi) is 3.29. The van der Waals surface area contributed by atoms with Crippen molar-refractivity contribution < 1.29 is 0 Å². The molecule has 0 spiro atoms. The van der Waals surface area contributed by atoms with Crippen LogP contribution in [0.2, 0.25) is 0 Å². The molecule has 0 fully saturated rings. The Morgan fingerprint density at radius 2 is 2.00 bits per heavy atom. The molecule has 17 heavy (non-hydrogen) atoms. The van der Waals surface area contributed by atoms with Gasteiger partial charge in [0.15, 0.2) is 0 Å². The van der Waals surface area contributed by atoms with Crippen LogP contribution in [0, 0.1) is 20.8 Å². The molecule has 0 unspecified atom stereocenters. The molecule has 1 aromatic carbocycles. The summed E-state index contributed by atoms with van der Waals surface area (Å²) in [5.74, 6) is 0. The van der Waals surface area contributed by atoms with E-state index in [1.54, 1.807) is 0 Å². The number of nitrogens with zero attached hydrogens (tertiary/aromatic N) is 2. The van der Waals surface area contributed by atoms with Crippen molar-refractivity contribution >= 4 is 0 Å². The van der Waals surface area contributed by atoms with Crippen molar-refractivity contribution in [2.45, 2.75) is 27.3 Å². The van der Waals surface area contributed by atoms with Gasteiger partial charge in [-0.05, 0) is 39.4 Å². The molecule has 3 nitrogen and oxygen atoms in total. The van der Waals surface area contributed by atoms with E-state index in [1.807, 2.05) is 20.3 Å². The quantitative estimate of drug-likeness (QED) is 0.876. The Bertz CT molecular complexity index is 526. The van der Waals surface area contributed by atoms with Crippen molar-refractivity contribution in [1.82, 2.24) is 14.9 Å². The van der Waals surface area contributed by atoms with Gasteiger partial charge < -0.3 is 9.88 Å². The van der Waals surface area contributed by atoms with E-state index in [0.29, 0.717) is 0 Å². The van der Waals surface area contributed by atoms with E-state index >= 15 is 0 Å². The normalized spacial score (nSPS) is 10.8. The third-order valence-electron chi connectivity index (χ3n) is 3.11. The van der Waals surface area contributed by atoms with Crippen molar-refractivity contribution in [3.63, 3.8) is 0 Å². The number of hydrogen-bond acceptors (Lipinski definition) is 2. The van der Waals surface area contributed by atoms with E-state index < -0.39 is 0 Å². The Labute approximate surface area is 103 Å². The molecule has 1 aromatic heterocycles. The average molecular weight is 229 g/mol. The molecule has 0 aliphatic rings. The standard InChI is InChI=1S/C14H19N3/c1-10-5-6-14(13(7-10)8-15-4)17-9-16-11(2)12(17)3/h5-7,9,15H,8H2,1-4H3. The lowest BCUT2D eigenvalue weighted by Crippen LogP contribution is -2.09. The molecule has 1 N–H and O–H groups in total. The largest absolute Gasteiger partial charge is 0.316 e. The highest BCUT2D eigenvalue weighted by atomic mass is 15.1. The second-order valence-electron chi connectivity index (χ2n) is 4.45. The molecule has 0 amide bonds. The summed E-state index contributed by atoms with van der Waals surface area (Å²) in [6.45, 7) is 7.13. The molecule has 90 valence electrons. The molecule has 1 heterocycles. The van der Waals surface area contributed by atoms with Crippen LogP contribution in [0.25, 0.3) is 5.69 Å². The summed E-state index contributed by atoms with van der Waals surface area (Å²) in [6.07, 6.45) is 1.90. The molecule has 0 aliphatic heterocycles. The number of rotatable bonds is 3. The molecular formula is C14H19N3. The lowest BCUT2D eigenvalue weighted by molar-refractivity contribution is 0.804. The zero-order valence-corrected chi connectivity index (χ0v) is 10.9. The highest BCUT2D eigenvalue weighted by Crippen LogP contribution is 2.19. The van der Waals surface area contributed by atoms with Gasteiger partial charge in [0.1, 0.15) is 0 Å². The molecule has 0 saturated heterocycles. The van der Waals surface area contributed by atoms with E-state index in [2.05, 4.69) is 46.9 Å². The van der Waals surface area contributed by atoms with Gasteiger partial charge in [-0.2, -0.15) is 0 Å². The number of hydrogen-bond donors (Lipinski definition) is 1. The minimum atomic E-state index is 0.869. The molecule has 0 aliphatic carbocycles. The third-order valence-corrected chi connectivity index (χ3v) is 3.11. The monoisotopic (exact) mass is 229 g/mol. The summed E-state index contributed by atoms with van der Waals surface area (Å²) >= 11 is 0. The fraction of sp³-hybridized carbons (Fsp3) is 0.357. The van der Waals surface area contributed by atoms with Crippen molar-refractivity contribution in [2.24, 2.45) is 0 Å². The first-order chi connectivity index (χ1) is 8.13. The maximum atomic E-state index is 4.36. The molecule has 0 atom stereocenters. The molecular weight excluding hydrogens is 210 g/mol. The number of benzene rings is 1. The fourth-order valence-electron chi connectivity index (χ4n) is 2.02. The molecule has 0 bridgehead atoms.